The van der Waals surface area contributed by atoms with Gasteiger partial charge in [-0.15, -0.1) is 0 Å². The molecule has 0 aromatic rings. The van der Waals surface area contributed by atoms with Crippen LogP contribution in [0.5, 0.6) is 0 Å². The molecule has 15 heavy (non-hydrogen) atoms. The molecule has 0 saturated heterocycles. The van der Waals surface area contributed by atoms with Crippen molar-refractivity contribution in [3.8, 4) is 0 Å². The molecule has 2 unspecified atom stereocenters. The van der Waals surface area contributed by atoms with Gasteiger partial charge in [-0.05, 0) is 25.8 Å². The monoisotopic (exact) mass is 235 g/mol. The maximum Gasteiger partial charge on any atom is 0.308 e. The number of hydrogen-bond donors (Lipinski definition) is 2. The van der Waals surface area contributed by atoms with E-state index in [0.29, 0.717) is 13.0 Å². The molecule has 1 fully saturated rings. The van der Waals surface area contributed by atoms with Crippen molar-refractivity contribution < 1.29 is 18.3 Å². The molecular weight excluding hydrogens is 218 g/mol. The van der Waals surface area contributed by atoms with Gasteiger partial charge in [-0.2, -0.15) is 0 Å². The van der Waals surface area contributed by atoms with Crippen LogP contribution in [0.2, 0.25) is 0 Å². The minimum Gasteiger partial charge on any atom is -0.481 e. The van der Waals surface area contributed by atoms with Gasteiger partial charge in [0.2, 0.25) is 0 Å². The lowest BCUT2D eigenvalue weighted by Gasteiger charge is -2.34. The Kier molecular flexibility index (Phi) is 4.10. The maximum absolute atomic E-state index is 10.8. The molecule has 1 aliphatic carbocycles. The number of carbonyl (C=O) groups is 1. The lowest BCUT2D eigenvalue weighted by Crippen LogP contribution is -2.48. The summed E-state index contributed by atoms with van der Waals surface area (Å²) in [6, 6.07) is 0.0297. The second kappa shape index (κ2) is 4.94. The van der Waals surface area contributed by atoms with Crippen LogP contribution in [-0.2, 0) is 14.6 Å². The van der Waals surface area contributed by atoms with E-state index in [9.17, 15) is 13.2 Å². The van der Waals surface area contributed by atoms with Crippen molar-refractivity contribution >= 4 is 15.8 Å². The van der Waals surface area contributed by atoms with Crippen LogP contribution >= 0.6 is 0 Å². The van der Waals surface area contributed by atoms with Gasteiger partial charge in [-0.25, -0.2) is 8.42 Å². The molecular formula is C9H17NO4S. The quantitative estimate of drug-likeness (QED) is 0.627. The van der Waals surface area contributed by atoms with Crippen molar-refractivity contribution in [2.24, 2.45) is 5.92 Å². The van der Waals surface area contributed by atoms with Crippen LogP contribution in [0.25, 0.3) is 0 Å². The van der Waals surface area contributed by atoms with Gasteiger partial charge in [0.05, 0.1) is 11.7 Å². The second-order valence-corrected chi connectivity index (χ2v) is 6.33. The predicted octanol–water partition coefficient (Wildman–Crippen LogP) is -0.126. The fourth-order valence-electron chi connectivity index (χ4n) is 1.66. The molecule has 2 N–H and O–H groups in total. The standard InChI is InChI=1S/C9H17NO4S/c1-15(13,14)6-2-5-10-8-4-3-7(8)9(11)12/h7-8,10H,2-6H2,1H3,(H,11,12). The molecule has 1 saturated carbocycles. The van der Waals surface area contributed by atoms with E-state index in [-0.39, 0.29) is 17.7 Å². The molecule has 1 rings (SSSR count). The first-order chi connectivity index (χ1) is 6.90. The first-order valence-corrected chi connectivity index (χ1v) is 7.10. The highest BCUT2D eigenvalue weighted by molar-refractivity contribution is 7.90. The SMILES string of the molecule is CS(=O)(=O)CCCNC1CCC1C(=O)O. The Balaban J connectivity index is 2.14. The summed E-state index contributed by atoms with van der Waals surface area (Å²) in [4.78, 5) is 10.6. The van der Waals surface area contributed by atoms with Crippen LogP contribution in [0.15, 0.2) is 0 Å². The highest BCUT2D eigenvalue weighted by atomic mass is 32.2. The minimum absolute atomic E-state index is 0.0297. The number of hydrogen-bond acceptors (Lipinski definition) is 4. The molecule has 0 radical (unpaired) electrons. The molecule has 0 bridgehead atoms. The van der Waals surface area contributed by atoms with Gasteiger partial charge in [0.1, 0.15) is 9.84 Å². The van der Waals surface area contributed by atoms with Gasteiger partial charge in [-0.1, -0.05) is 0 Å². The first-order valence-electron chi connectivity index (χ1n) is 5.04. The van der Waals surface area contributed by atoms with E-state index in [0.717, 1.165) is 12.8 Å². The molecule has 0 amide bonds. The number of sulfone groups is 1. The van der Waals surface area contributed by atoms with Gasteiger partial charge >= 0.3 is 5.97 Å². The molecule has 0 aromatic heterocycles. The van der Waals surface area contributed by atoms with E-state index >= 15 is 0 Å². The lowest BCUT2D eigenvalue weighted by atomic mass is 9.79. The van der Waals surface area contributed by atoms with Gasteiger partial charge in [0, 0.05) is 12.3 Å². The number of aliphatic carboxylic acids is 1. The van der Waals surface area contributed by atoms with Crippen molar-refractivity contribution in [3.63, 3.8) is 0 Å². The van der Waals surface area contributed by atoms with Crippen molar-refractivity contribution in [2.45, 2.75) is 25.3 Å². The summed E-state index contributed by atoms with van der Waals surface area (Å²) in [5, 5.41) is 11.8. The number of carboxylic acid groups (broad SMARTS) is 1. The smallest absolute Gasteiger partial charge is 0.308 e. The van der Waals surface area contributed by atoms with Crippen LogP contribution in [0.1, 0.15) is 19.3 Å². The van der Waals surface area contributed by atoms with E-state index in [1.165, 1.54) is 6.26 Å². The third kappa shape index (κ3) is 4.17. The number of nitrogens with one attached hydrogen (secondary N) is 1. The number of rotatable bonds is 6. The average Bonchev–Trinajstić information content (AvgIpc) is 1.98. The third-order valence-corrected chi connectivity index (χ3v) is 3.72. The van der Waals surface area contributed by atoms with E-state index in [4.69, 9.17) is 5.11 Å². The van der Waals surface area contributed by atoms with Crippen LogP contribution < -0.4 is 5.32 Å². The number of carboxylic acids is 1. The molecule has 0 aromatic carbocycles. The summed E-state index contributed by atoms with van der Waals surface area (Å²) in [5.41, 5.74) is 0. The van der Waals surface area contributed by atoms with E-state index in [2.05, 4.69) is 5.32 Å². The molecule has 1 aliphatic rings. The first kappa shape index (κ1) is 12.4. The topological polar surface area (TPSA) is 83.5 Å². The molecule has 5 nitrogen and oxygen atoms in total. The second-order valence-electron chi connectivity index (χ2n) is 4.07. The summed E-state index contributed by atoms with van der Waals surface area (Å²) in [5.74, 6) is -0.894. The minimum atomic E-state index is -2.90. The summed E-state index contributed by atoms with van der Waals surface area (Å²) in [6.45, 7) is 0.571. The predicted molar refractivity (Wildman–Crippen MR) is 56.5 cm³/mol. The normalized spacial score (nSPS) is 25.9. The highest BCUT2D eigenvalue weighted by Gasteiger charge is 2.35. The molecule has 0 spiro atoms. The van der Waals surface area contributed by atoms with Crippen molar-refractivity contribution in [1.29, 1.82) is 0 Å². The van der Waals surface area contributed by atoms with Gasteiger partial charge in [0.15, 0.2) is 0 Å². The zero-order chi connectivity index (χ0) is 11.5. The van der Waals surface area contributed by atoms with Crippen LogP contribution in [0.3, 0.4) is 0 Å². The fraction of sp³-hybridized carbons (Fsp3) is 0.889. The Morgan fingerprint density at radius 2 is 2.13 bits per heavy atom. The lowest BCUT2D eigenvalue weighted by molar-refractivity contribution is -0.146. The Labute approximate surface area is 89.8 Å². The van der Waals surface area contributed by atoms with Crippen molar-refractivity contribution in [2.75, 3.05) is 18.6 Å². The molecule has 0 aliphatic heterocycles. The molecule has 0 heterocycles. The average molecular weight is 235 g/mol. The zero-order valence-corrected chi connectivity index (χ0v) is 9.59. The largest absolute Gasteiger partial charge is 0.481 e. The van der Waals surface area contributed by atoms with Crippen LogP contribution in [0, 0.1) is 5.92 Å². The van der Waals surface area contributed by atoms with Gasteiger partial charge in [0.25, 0.3) is 0 Å². The van der Waals surface area contributed by atoms with Gasteiger partial charge < -0.3 is 10.4 Å². The molecule has 2 atom stereocenters. The van der Waals surface area contributed by atoms with Crippen LogP contribution in [0.4, 0.5) is 0 Å². The van der Waals surface area contributed by atoms with Gasteiger partial charge in [-0.3, -0.25) is 4.79 Å². The summed E-state index contributed by atoms with van der Waals surface area (Å²) < 4.78 is 21.6. The van der Waals surface area contributed by atoms with E-state index in [1.807, 2.05) is 0 Å². The highest BCUT2D eigenvalue weighted by Crippen LogP contribution is 2.27. The summed E-state index contributed by atoms with van der Waals surface area (Å²) >= 11 is 0. The summed E-state index contributed by atoms with van der Waals surface area (Å²) in [6.07, 6.45) is 3.34. The Morgan fingerprint density at radius 1 is 1.47 bits per heavy atom. The van der Waals surface area contributed by atoms with E-state index < -0.39 is 15.8 Å². The Morgan fingerprint density at radius 3 is 2.53 bits per heavy atom. The zero-order valence-electron chi connectivity index (χ0n) is 8.77. The Bertz CT molecular complexity index is 325. The molecule has 6 heteroatoms. The third-order valence-electron chi connectivity index (χ3n) is 2.69. The Hall–Kier alpha value is -0.620. The fourth-order valence-corrected chi connectivity index (χ4v) is 2.33. The van der Waals surface area contributed by atoms with Crippen molar-refractivity contribution in [3.05, 3.63) is 0 Å². The van der Waals surface area contributed by atoms with Crippen LogP contribution in [-0.4, -0.2) is 44.1 Å². The van der Waals surface area contributed by atoms with Crippen molar-refractivity contribution in [1.82, 2.24) is 5.32 Å². The maximum atomic E-state index is 10.8. The van der Waals surface area contributed by atoms with E-state index in [1.54, 1.807) is 0 Å². The molecule has 88 valence electrons. The summed E-state index contributed by atoms with van der Waals surface area (Å²) in [7, 11) is -2.90.